The van der Waals surface area contributed by atoms with E-state index >= 15 is 0 Å². The van der Waals surface area contributed by atoms with Gasteiger partial charge in [-0.25, -0.2) is 4.98 Å². The van der Waals surface area contributed by atoms with Crippen LogP contribution in [0.5, 0.6) is 0 Å². The number of pyridine rings is 1. The smallest absolute Gasteiger partial charge is 0.202 e. The summed E-state index contributed by atoms with van der Waals surface area (Å²) in [6.07, 6.45) is 6.65. The van der Waals surface area contributed by atoms with Gasteiger partial charge in [-0.3, -0.25) is 4.98 Å². The van der Waals surface area contributed by atoms with E-state index in [0.717, 1.165) is 24.4 Å². The van der Waals surface area contributed by atoms with Gasteiger partial charge in [-0.2, -0.15) is 0 Å². The highest BCUT2D eigenvalue weighted by Crippen LogP contribution is 2.17. The van der Waals surface area contributed by atoms with E-state index in [-0.39, 0.29) is 0 Å². The SMILES string of the molecule is CC(C)Nc1nccn1CCc1cccc2cccnc12. The van der Waals surface area contributed by atoms with Crippen LogP contribution in [0, 0.1) is 0 Å². The quantitative estimate of drug-likeness (QED) is 0.778. The molecule has 3 rings (SSSR count). The number of imidazole rings is 1. The first-order valence-corrected chi connectivity index (χ1v) is 7.34. The number of nitrogens with zero attached hydrogens (tertiary/aromatic N) is 3. The third kappa shape index (κ3) is 3.05. The van der Waals surface area contributed by atoms with Crippen molar-refractivity contribution in [3.8, 4) is 0 Å². The summed E-state index contributed by atoms with van der Waals surface area (Å²) in [7, 11) is 0. The van der Waals surface area contributed by atoms with Crippen LogP contribution in [-0.4, -0.2) is 20.6 Å². The third-order valence-electron chi connectivity index (χ3n) is 3.47. The molecule has 0 aliphatic rings. The molecular weight excluding hydrogens is 260 g/mol. The summed E-state index contributed by atoms with van der Waals surface area (Å²) in [5.74, 6) is 0.929. The van der Waals surface area contributed by atoms with E-state index < -0.39 is 0 Å². The highest BCUT2D eigenvalue weighted by molar-refractivity contribution is 5.81. The van der Waals surface area contributed by atoms with Crippen molar-refractivity contribution in [2.45, 2.75) is 32.9 Å². The molecule has 1 aromatic carbocycles. The molecule has 4 heteroatoms. The molecule has 0 aliphatic heterocycles. The minimum atomic E-state index is 0.380. The summed E-state index contributed by atoms with van der Waals surface area (Å²) in [6.45, 7) is 5.13. The van der Waals surface area contributed by atoms with Crippen molar-refractivity contribution in [1.82, 2.24) is 14.5 Å². The summed E-state index contributed by atoms with van der Waals surface area (Å²) in [5, 5.41) is 4.56. The molecule has 0 fully saturated rings. The fourth-order valence-electron chi connectivity index (χ4n) is 2.50. The molecule has 4 nitrogen and oxygen atoms in total. The Morgan fingerprint density at radius 2 is 1.95 bits per heavy atom. The fraction of sp³-hybridized carbons (Fsp3) is 0.294. The normalized spacial score (nSPS) is 11.2. The van der Waals surface area contributed by atoms with Crippen molar-refractivity contribution >= 4 is 16.9 Å². The van der Waals surface area contributed by atoms with Gasteiger partial charge in [0.1, 0.15) is 0 Å². The first kappa shape index (κ1) is 13.6. The minimum Gasteiger partial charge on any atom is -0.353 e. The topological polar surface area (TPSA) is 42.7 Å². The van der Waals surface area contributed by atoms with Crippen LogP contribution in [0.15, 0.2) is 48.9 Å². The Hall–Kier alpha value is -2.36. The molecule has 3 aromatic rings. The Labute approximate surface area is 124 Å². The van der Waals surface area contributed by atoms with Crippen molar-refractivity contribution in [1.29, 1.82) is 0 Å². The van der Waals surface area contributed by atoms with Crippen LogP contribution in [0.3, 0.4) is 0 Å². The standard InChI is InChI=1S/C17H20N4/c1-13(2)20-17-19-10-12-21(17)11-8-15-6-3-5-14-7-4-9-18-16(14)15/h3-7,9-10,12-13H,8,11H2,1-2H3,(H,19,20). The van der Waals surface area contributed by atoms with E-state index in [2.05, 4.69) is 58.0 Å². The molecule has 0 saturated carbocycles. The van der Waals surface area contributed by atoms with E-state index in [4.69, 9.17) is 0 Å². The summed E-state index contributed by atoms with van der Waals surface area (Å²) >= 11 is 0. The molecule has 0 spiro atoms. The lowest BCUT2D eigenvalue weighted by Gasteiger charge is -2.12. The number of hydrogen-bond acceptors (Lipinski definition) is 3. The molecular formula is C17H20N4. The van der Waals surface area contributed by atoms with Gasteiger partial charge in [0.15, 0.2) is 0 Å². The van der Waals surface area contributed by atoms with Gasteiger partial charge < -0.3 is 9.88 Å². The number of aryl methyl sites for hydroxylation is 2. The Morgan fingerprint density at radius 3 is 2.81 bits per heavy atom. The maximum absolute atomic E-state index is 4.51. The molecule has 0 radical (unpaired) electrons. The average Bonchev–Trinajstić information content (AvgIpc) is 2.91. The zero-order valence-electron chi connectivity index (χ0n) is 12.5. The van der Waals surface area contributed by atoms with Gasteiger partial charge in [-0.1, -0.05) is 24.3 Å². The van der Waals surface area contributed by atoms with Gasteiger partial charge >= 0.3 is 0 Å². The molecule has 21 heavy (non-hydrogen) atoms. The van der Waals surface area contributed by atoms with E-state index in [0.29, 0.717) is 6.04 Å². The number of para-hydroxylation sites is 1. The second-order valence-corrected chi connectivity index (χ2v) is 5.49. The highest BCUT2D eigenvalue weighted by Gasteiger charge is 2.06. The van der Waals surface area contributed by atoms with E-state index in [1.807, 2.05) is 24.7 Å². The van der Waals surface area contributed by atoms with E-state index in [1.165, 1.54) is 10.9 Å². The van der Waals surface area contributed by atoms with Gasteiger partial charge in [0.2, 0.25) is 5.95 Å². The number of benzene rings is 1. The summed E-state index contributed by atoms with van der Waals surface area (Å²) in [5.41, 5.74) is 2.37. The molecule has 0 amide bonds. The number of anilines is 1. The molecule has 1 N–H and O–H groups in total. The minimum absolute atomic E-state index is 0.380. The van der Waals surface area contributed by atoms with Crippen LogP contribution in [0.1, 0.15) is 19.4 Å². The van der Waals surface area contributed by atoms with Gasteiger partial charge in [0.25, 0.3) is 0 Å². The largest absolute Gasteiger partial charge is 0.353 e. The van der Waals surface area contributed by atoms with Gasteiger partial charge in [0.05, 0.1) is 5.52 Å². The van der Waals surface area contributed by atoms with E-state index in [9.17, 15) is 0 Å². The Morgan fingerprint density at radius 1 is 1.10 bits per heavy atom. The fourth-order valence-corrected chi connectivity index (χ4v) is 2.50. The molecule has 0 bridgehead atoms. The molecule has 0 atom stereocenters. The first-order chi connectivity index (χ1) is 10.2. The van der Waals surface area contributed by atoms with E-state index in [1.54, 1.807) is 0 Å². The van der Waals surface area contributed by atoms with Gasteiger partial charge in [0, 0.05) is 36.6 Å². The second-order valence-electron chi connectivity index (χ2n) is 5.49. The van der Waals surface area contributed by atoms with Crippen LogP contribution in [0.25, 0.3) is 10.9 Å². The van der Waals surface area contributed by atoms with Crippen LogP contribution >= 0.6 is 0 Å². The number of nitrogens with one attached hydrogen (secondary N) is 1. The summed E-state index contributed by atoms with van der Waals surface area (Å²) in [4.78, 5) is 8.88. The summed E-state index contributed by atoms with van der Waals surface area (Å²) in [6, 6.07) is 10.8. The maximum Gasteiger partial charge on any atom is 0.202 e. The lowest BCUT2D eigenvalue weighted by atomic mass is 10.1. The second kappa shape index (κ2) is 5.95. The monoisotopic (exact) mass is 280 g/mol. The summed E-state index contributed by atoms with van der Waals surface area (Å²) < 4.78 is 2.15. The van der Waals surface area contributed by atoms with Crippen molar-refractivity contribution < 1.29 is 0 Å². The number of aromatic nitrogens is 3. The number of fused-ring (bicyclic) bond motifs is 1. The lowest BCUT2D eigenvalue weighted by molar-refractivity contribution is 0.693. The Kier molecular flexibility index (Phi) is 3.86. The zero-order chi connectivity index (χ0) is 14.7. The average molecular weight is 280 g/mol. The predicted molar refractivity (Wildman–Crippen MR) is 86.4 cm³/mol. The Balaban J connectivity index is 1.79. The lowest BCUT2D eigenvalue weighted by Crippen LogP contribution is -2.15. The van der Waals surface area contributed by atoms with Crippen LogP contribution < -0.4 is 5.32 Å². The van der Waals surface area contributed by atoms with Crippen molar-refractivity contribution in [3.63, 3.8) is 0 Å². The van der Waals surface area contributed by atoms with Crippen molar-refractivity contribution in [3.05, 3.63) is 54.5 Å². The number of hydrogen-bond donors (Lipinski definition) is 1. The van der Waals surface area contributed by atoms with Crippen LogP contribution in [0.4, 0.5) is 5.95 Å². The number of rotatable bonds is 5. The van der Waals surface area contributed by atoms with Crippen LogP contribution in [0.2, 0.25) is 0 Å². The van der Waals surface area contributed by atoms with Crippen LogP contribution in [-0.2, 0) is 13.0 Å². The molecule has 0 saturated heterocycles. The Bertz CT molecular complexity index is 725. The molecule has 108 valence electrons. The third-order valence-corrected chi connectivity index (χ3v) is 3.47. The molecule has 0 unspecified atom stereocenters. The van der Waals surface area contributed by atoms with Crippen molar-refractivity contribution in [2.75, 3.05) is 5.32 Å². The van der Waals surface area contributed by atoms with Gasteiger partial charge in [-0.15, -0.1) is 0 Å². The molecule has 2 aromatic heterocycles. The van der Waals surface area contributed by atoms with Gasteiger partial charge in [-0.05, 0) is 31.9 Å². The highest BCUT2D eigenvalue weighted by atomic mass is 15.2. The predicted octanol–water partition coefficient (Wildman–Crippen LogP) is 3.49. The maximum atomic E-state index is 4.51. The van der Waals surface area contributed by atoms with Crippen molar-refractivity contribution in [2.24, 2.45) is 0 Å². The molecule has 0 aliphatic carbocycles. The zero-order valence-corrected chi connectivity index (χ0v) is 12.5. The molecule has 2 heterocycles. The first-order valence-electron chi connectivity index (χ1n) is 7.34.